The molecule has 0 bridgehead atoms. The first kappa shape index (κ1) is 19.3. The number of nitrogens with one attached hydrogen (secondary N) is 1. The standard InChI is InChI=1S/C12H19NO7S/c1-3-4-9(7-14)10(13-21(2,18)19)8-20-12(17)6-5-11(15)16/h3-4,7,9-10,13H,5-6,8H2,1-2H3,(H,15,16)/b4-3+/t9-,10-/m0/s1. The molecule has 0 spiro atoms. The van der Waals surface area contributed by atoms with Crippen molar-refractivity contribution >= 4 is 28.2 Å². The van der Waals surface area contributed by atoms with Crippen LogP contribution in [0.2, 0.25) is 0 Å². The molecule has 0 aliphatic carbocycles. The van der Waals surface area contributed by atoms with Crippen molar-refractivity contribution < 1.29 is 32.6 Å². The number of carbonyl (C=O) groups excluding carboxylic acids is 2. The highest BCUT2D eigenvalue weighted by Crippen LogP contribution is 2.07. The fourth-order valence-electron chi connectivity index (χ4n) is 1.46. The van der Waals surface area contributed by atoms with Crippen molar-refractivity contribution in [3.05, 3.63) is 12.2 Å². The number of sulfonamides is 1. The highest BCUT2D eigenvalue weighted by Gasteiger charge is 2.24. The summed E-state index contributed by atoms with van der Waals surface area (Å²) in [6.45, 7) is 1.30. The Morgan fingerprint density at radius 2 is 1.95 bits per heavy atom. The molecule has 0 aromatic rings. The molecule has 2 N–H and O–H groups in total. The van der Waals surface area contributed by atoms with Crippen LogP contribution in [-0.2, 0) is 29.1 Å². The van der Waals surface area contributed by atoms with Crippen molar-refractivity contribution in [3.8, 4) is 0 Å². The number of rotatable bonds is 10. The van der Waals surface area contributed by atoms with Crippen LogP contribution in [0.25, 0.3) is 0 Å². The lowest BCUT2D eigenvalue weighted by Gasteiger charge is -2.20. The van der Waals surface area contributed by atoms with Gasteiger partial charge in [0.15, 0.2) is 0 Å². The van der Waals surface area contributed by atoms with E-state index in [2.05, 4.69) is 4.72 Å². The molecule has 0 fully saturated rings. The molecule has 0 amide bonds. The van der Waals surface area contributed by atoms with Gasteiger partial charge in [-0.3, -0.25) is 9.59 Å². The van der Waals surface area contributed by atoms with E-state index >= 15 is 0 Å². The average Bonchev–Trinajstić information content (AvgIpc) is 2.37. The molecule has 9 heteroatoms. The molecule has 8 nitrogen and oxygen atoms in total. The zero-order valence-corrected chi connectivity index (χ0v) is 12.6. The molecule has 120 valence electrons. The summed E-state index contributed by atoms with van der Waals surface area (Å²) >= 11 is 0. The molecule has 0 radical (unpaired) electrons. The average molecular weight is 321 g/mol. The smallest absolute Gasteiger partial charge is 0.306 e. The molecular formula is C12H19NO7S. The van der Waals surface area contributed by atoms with E-state index in [9.17, 15) is 22.8 Å². The number of aliphatic carboxylic acids is 1. The molecule has 0 saturated carbocycles. The van der Waals surface area contributed by atoms with Crippen LogP contribution in [0.4, 0.5) is 0 Å². The minimum atomic E-state index is -3.60. The number of hydrogen-bond acceptors (Lipinski definition) is 6. The van der Waals surface area contributed by atoms with Crippen molar-refractivity contribution in [2.75, 3.05) is 12.9 Å². The lowest BCUT2D eigenvalue weighted by atomic mass is 10.0. The van der Waals surface area contributed by atoms with Crippen LogP contribution in [0, 0.1) is 5.92 Å². The van der Waals surface area contributed by atoms with Gasteiger partial charge in [-0.05, 0) is 6.92 Å². The summed E-state index contributed by atoms with van der Waals surface area (Å²) < 4.78 is 29.5. The molecule has 0 aromatic carbocycles. The Balaban J connectivity index is 4.71. The van der Waals surface area contributed by atoms with Crippen LogP contribution in [0.1, 0.15) is 19.8 Å². The van der Waals surface area contributed by atoms with E-state index in [-0.39, 0.29) is 19.4 Å². The van der Waals surface area contributed by atoms with Crippen LogP contribution >= 0.6 is 0 Å². The van der Waals surface area contributed by atoms with Gasteiger partial charge in [-0.1, -0.05) is 12.2 Å². The van der Waals surface area contributed by atoms with Gasteiger partial charge in [-0.2, -0.15) is 0 Å². The highest BCUT2D eigenvalue weighted by atomic mass is 32.2. The molecule has 0 heterocycles. The van der Waals surface area contributed by atoms with Gasteiger partial charge >= 0.3 is 11.9 Å². The molecule has 0 aliphatic rings. The lowest BCUT2D eigenvalue weighted by molar-refractivity contribution is -0.148. The SMILES string of the molecule is C/C=C/[C@@H](C=O)[C@H](COC(=O)CCC(=O)O)NS(C)(=O)=O. The highest BCUT2D eigenvalue weighted by molar-refractivity contribution is 7.88. The van der Waals surface area contributed by atoms with Gasteiger partial charge in [-0.25, -0.2) is 13.1 Å². The second-order valence-corrected chi connectivity index (χ2v) is 6.09. The Bertz CT molecular complexity index is 498. The summed E-state index contributed by atoms with van der Waals surface area (Å²) in [5.41, 5.74) is 0. The Kier molecular flexibility index (Phi) is 8.48. The topological polar surface area (TPSA) is 127 Å². The lowest BCUT2D eigenvalue weighted by Crippen LogP contribution is -2.43. The van der Waals surface area contributed by atoms with Crippen molar-refractivity contribution in [3.63, 3.8) is 0 Å². The predicted molar refractivity (Wildman–Crippen MR) is 74.0 cm³/mol. The van der Waals surface area contributed by atoms with E-state index in [1.54, 1.807) is 13.0 Å². The van der Waals surface area contributed by atoms with Gasteiger partial charge in [0.2, 0.25) is 10.0 Å². The molecule has 0 aromatic heterocycles. The molecule has 0 aliphatic heterocycles. The zero-order valence-electron chi connectivity index (χ0n) is 11.8. The Morgan fingerprint density at radius 3 is 2.38 bits per heavy atom. The Labute approximate surface area is 123 Å². The maximum absolute atomic E-state index is 11.3. The fourth-order valence-corrected chi connectivity index (χ4v) is 2.23. The molecule has 0 unspecified atom stereocenters. The summed E-state index contributed by atoms with van der Waals surface area (Å²) in [5.74, 6) is -2.71. The second-order valence-electron chi connectivity index (χ2n) is 4.31. The number of hydrogen-bond donors (Lipinski definition) is 2. The van der Waals surface area contributed by atoms with E-state index in [1.165, 1.54) is 6.08 Å². The van der Waals surface area contributed by atoms with Crippen molar-refractivity contribution in [2.24, 2.45) is 5.92 Å². The maximum Gasteiger partial charge on any atom is 0.306 e. The van der Waals surface area contributed by atoms with Crippen LogP contribution in [0.15, 0.2) is 12.2 Å². The number of carboxylic acid groups (broad SMARTS) is 1. The monoisotopic (exact) mass is 321 g/mol. The third kappa shape index (κ3) is 9.74. The van der Waals surface area contributed by atoms with Gasteiger partial charge in [-0.15, -0.1) is 0 Å². The van der Waals surface area contributed by atoms with Crippen LogP contribution in [0.5, 0.6) is 0 Å². The normalized spacial score (nSPS) is 14.6. The van der Waals surface area contributed by atoms with E-state index in [0.717, 1.165) is 6.26 Å². The first-order valence-corrected chi connectivity index (χ1v) is 8.01. The fraction of sp³-hybridized carbons (Fsp3) is 0.583. The van der Waals surface area contributed by atoms with Crippen LogP contribution < -0.4 is 4.72 Å². The first-order chi connectivity index (χ1) is 9.69. The Morgan fingerprint density at radius 1 is 1.33 bits per heavy atom. The number of esters is 1. The number of carboxylic acids is 1. The van der Waals surface area contributed by atoms with Crippen molar-refractivity contribution in [1.29, 1.82) is 0 Å². The van der Waals surface area contributed by atoms with E-state index < -0.39 is 33.9 Å². The minimum Gasteiger partial charge on any atom is -0.481 e. The summed E-state index contributed by atoms with van der Waals surface area (Å²) in [7, 11) is -3.60. The number of allylic oxidation sites excluding steroid dienone is 1. The van der Waals surface area contributed by atoms with Crippen molar-refractivity contribution in [1.82, 2.24) is 4.72 Å². The summed E-state index contributed by atoms with van der Waals surface area (Å²) in [5, 5.41) is 8.43. The largest absolute Gasteiger partial charge is 0.481 e. The molecular weight excluding hydrogens is 302 g/mol. The number of ether oxygens (including phenoxy) is 1. The Hall–Kier alpha value is -1.74. The summed E-state index contributed by atoms with van der Waals surface area (Å²) in [6.07, 6.45) is 3.80. The zero-order chi connectivity index (χ0) is 16.5. The summed E-state index contributed by atoms with van der Waals surface area (Å²) in [6, 6.07) is -0.942. The van der Waals surface area contributed by atoms with E-state index in [4.69, 9.17) is 9.84 Å². The van der Waals surface area contributed by atoms with E-state index in [1.807, 2.05) is 0 Å². The molecule has 0 rings (SSSR count). The third-order valence-corrected chi connectivity index (χ3v) is 3.10. The van der Waals surface area contributed by atoms with Gasteiger partial charge in [0.1, 0.15) is 12.9 Å². The first-order valence-electron chi connectivity index (χ1n) is 6.12. The minimum absolute atomic E-state index is 0.323. The van der Waals surface area contributed by atoms with E-state index in [0.29, 0.717) is 6.29 Å². The second kappa shape index (κ2) is 9.24. The number of aldehydes is 1. The van der Waals surface area contributed by atoms with Gasteiger partial charge in [0.25, 0.3) is 0 Å². The van der Waals surface area contributed by atoms with Crippen LogP contribution in [0.3, 0.4) is 0 Å². The predicted octanol–water partition coefficient (Wildman–Crippen LogP) is -0.297. The van der Waals surface area contributed by atoms with Crippen molar-refractivity contribution in [2.45, 2.75) is 25.8 Å². The molecule has 21 heavy (non-hydrogen) atoms. The van der Waals surface area contributed by atoms with Gasteiger partial charge < -0.3 is 14.6 Å². The molecule has 0 saturated heterocycles. The quantitative estimate of drug-likeness (QED) is 0.321. The van der Waals surface area contributed by atoms with Gasteiger partial charge in [0, 0.05) is 0 Å². The maximum atomic E-state index is 11.3. The summed E-state index contributed by atoms with van der Waals surface area (Å²) in [4.78, 5) is 32.6. The van der Waals surface area contributed by atoms with Gasteiger partial charge in [0.05, 0.1) is 31.1 Å². The number of carbonyl (C=O) groups is 3. The van der Waals surface area contributed by atoms with Crippen LogP contribution in [-0.4, -0.2) is 50.7 Å². The third-order valence-electron chi connectivity index (χ3n) is 2.37. The molecule has 2 atom stereocenters.